The fourth-order valence-electron chi connectivity index (χ4n) is 3.84. The monoisotopic (exact) mass is 317 g/mol. The number of likely N-dealkylation sites (tertiary alicyclic amines) is 1. The molecule has 1 aliphatic heterocycles. The van der Waals surface area contributed by atoms with Gasteiger partial charge in [-0.2, -0.15) is 4.98 Å². The van der Waals surface area contributed by atoms with E-state index in [9.17, 15) is 4.79 Å². The van der Waals surface area contributed by atoms with Crippen molar-refractivity contribution in [2.24, 2.45) is 17.3 Å². The third kappa shape index (κ3) is 3.06. The van der Waals surface area contributed by atoms with E-state index >= 15 is 0 Å². The molecule has 1 saturated heterocycles. The van der Waals surface area contributed by atoms with Crippen LogP contribution in [-0.2, 0) is 4.79 Å². The van der Waals surface area contributed by atoms with Crippen LogP contribution in [0, 0.1) is 24.2 Å². The highest BCUT2D eigenvalue weighted by Gasteiger charge is 2.61. The number of aromatic nitrogens is 2. The Labute approximate surface area is 138 Å². The molecule has 23 heavy (non-hydrogen) atoms. The maximum atomic E-state index is 12.9. The van der Waals surface area contributed by atoms with E-state index in [-0.39, 0.29) is 11.3 Å². The molecule has 1 saturated carbocycles. The van der Waals surface area contributed by atoms with Crippen molar-refractivity contribution < 1.29 is 9.32 Å². The van der Waals surface area contributed by atoms with Gasteiger partial charge in [0.1, 0.15) is 0 Å². The van der Waals surface area contributed by atoms with Gasteiger partial charge in [0.15, 0.2) is 5.82 Å². The van der Waals surface area contributed by atoms with E-state index in [1.165, 1.54) is 5.57 Å². The quantitative estimate of drug-likeness (QED) is 0.802. The Morgan fingerprint density at radius 3 is 2.48 bits per heavy atom. The van der Waals surface area contributed by atoms with Crippen molar-refractivity contribution in [1.29, 1.82) is 0 Å². The highest BCUT2D eigenvalue weighted by Crippen LogP contribution is 2.60. The highest BCUT2D eigenvalue weighted by molar-refractivity contribution is 5.84. The predicted molar refractivity (Wildman–Crippen MR) is 87.8 cm³/mol. The Hall–Kier alpha value is -1.65. The minimum Gasteiger partial charge on any atom is -0.342 e. The lowest BCUT2D eigenvalue weighted by Gasteiger charge is -2.31. The van der Waals surface area contributed by atoms with Crippen molar-refractivity contribution in [3.8, 4) is 0 Å². The second kappa shape index (κ2) is 5.77. The minimum atomic E-state index is 0.0921. The summed E-state index contributed by atoms with van der Waals surface area (Å²) in [6.45, 7) is 12.0. The Morgan fingerprint density at radius 1 is 1.30 bits per heavy atom. The second-order valence-corrected chi connectivity index (χ2v) is 7.85. The molecule has 0 N–H and O–H groups in total. The van der Waals surface area contributed by atoms with E-state index in [2.05, 4.69) is 43.9 Å². The van der Waals surface area contributed by atoms with Crippen LogP contribution in [0.25, 0.3) is 0 Å². The van der Waals surface area contributed by atoms with Crippen LogP contribution in [0.5, 0.6) is 0 Å². The van der Waals surface area contributed by atoms with Crippen LogP contribution in [-0.4, -0.2) is 34.0 Å². The van der Waals surface area contributed by atoms with Crippen LogP contribution < -0.4 is 0 Å². The average Bonchev–Trinajstić information content (AvgIpc) is 2.83. The lowest BCUT2D eigenvalue weighted by molar-refractivity contribution is -0.134. The van der Waals surface area contributed by atoms with E-state index in [0.29, 0.717) is 23.6 Å². The van der Waals surface area contributed by atoms with Crippen molar-refractivity contribution in [1.82, 2.24) is 15.0 Å². The molecule has 0 spiro atoms. The molecule has 2 heterocycles. The first kappa shape index (κ1) is 16.2. The summed E-state index contributed by atoms with van der Waals surface area (Å²) in [7, 11) is 0. The SMILES string of the molecule is CC(C)=CC1C(C(=O)N2CCC(c3nc(C)no3)CC2)C1(C)C. The van der Waals surface area contributed by atoms with E-state index in [0.717, 1.165) is 31.8 Å². The predicted octanol–water partition coefficient (Wildman–Crippen LogP) is 3.32. The lowest BCUT2D eigenvalue weighted by Crippen LogP contribution is -2.39. The molecule has 1 aromatic heterocycles. The number of allylic oxidation sites excluding steroid dienone is 2. The lowest BCUT2D eigenvalue weighted by atomic mass is 9.96. The number of carbonyl (C=O) groups excluding carboxylic acids is 1. The molecule has 2 atom stereocenters. The van der Waals surface area contributed by atoms with Gasteiger partial charge in [-0.1, -0.05) is 30.7 Å². The van der Waals surface area contributed by atoms with Gasteiger partial charge in [0.2, 0.25) is 11.8 Å². The molecule has 2 fully saturated rings. The van der Waals surface area contributed by atoms with Gasteiger partial charge >= 0.3 is 0 Å². The maximum absolute atomic E-state index is 12.9. The summed E-state index contributed by atoms with van der Waals surface area (Å²) in [5.74, 6) is 2.54. The third-order valence-electron chi connectivity index (χ3n) is 5.39. The van der Waals surface area contributed by atoms with Crippen LogP contribution >= 0.6 is 0 Å². The summed E-state index contributed by atoms with van der Waals surface area (Å²) >= 11 is 0. The van der Waals surface area contributed by atoms with Crippen LogP contribution in [0.15, 0.2) is 16.2 Å². The average molecular weight is 317 g/mol. The maximum Gasteiger partial charge on any atom is 0.229 e. The first-order valence-corrected chi connectivity index (χ1v) is 8.54. The number of piperidine rings is 1. The second-order valence-electron chi connectivity index (χ2n) is 7.85. The van der Waals surface area contributed by atoms with Gasteiger partial charge in [0.25, 0.3) is 0 Å². The summed E-state index contributed by atoms with van der Waals surface area (Å²) in [4.78, 5) is 19.2. The number of hydrogen-bond donors (Lipinski definition) is 0. The summed E-state index contributed by atoms with van der Waals surface area (Å²) in [6.07, 6.45) is 4.08. The number of carbonyl (C=O) groups is 1. The molecule has 1 aromatic rings. The molecular formula is C18H27N3O2. The fourth-order valence-corrected chi connectivity index (χ4v) is 3.84. The Morgan fingerprint density at radius 2 is 1.96 bits per heavy atom. The van der Waals surface area contributed by atoms with Gasteiger partial charge in [0, 0.05) is 19.0 Å². The smallest absolute Gasteiger partial charge is 0.229 e. The molecule has 1 amide bonds. The molecule has 2 aliphatic rings. The Bertz CT molecular complexity index is 620. The summed E-state index contributed by atoms with van der Waals surface area (Å²) in [5.41, 5.74) is 1.39. The number of amides is 1. The molecule has 0 radical (unpaired) electrons. The summed E-state index contributed by atoms with van der Waals surface area (Å²) in [5, 5.41) is 3.87. The van der Waals surface area contributed by atoms with Crippen LogP contribution in [0.4, 0.5) is 0 Å². The van der Waals surface area contributed by atoms with Crippen LogP contribution in [0.1, 0.15) is 58.2 Å². The zero-order chi connectivity index (χ0) is 16.8. The first-order valence-electron chi connectivity index (χ1n) is 8.54. The van der Waals surface area contributed by atoms with Crippen molar-refractivity contribution in [2.45, 2.75) is 53.4 Å². The molecule has 126 valence electrons. The summed E-state index contributed by atoms with van der Waals surface area (Å²) in [6, 6.07) is 0. The zero-order valence-electron chi connectivity index (χ0n) is 14.8. The normalized spacial score (nSPS) is 26.9. The van der Waals surface area contributed by atoms with E-state index in [4.69, 9.17) is 4.52 Å². The topological polar surface area (TPSA) is 59.2 Å². The number of hydrogen-bond acceptors (Lipinski definition) is 4. The standard InChI is InChI=1S/C18H27N3O2/c1-11(2)10-14-15(18(14,4)5)17(22)21-8-6-13(7-9-21)16-19-12(3)20-23-16/h10,13-15H,6-9H2,1-5H3. The molecular weight excluding hydrogens is 290 g/mol. The van der Waals surface area contributed by atoms with Gasteiger partial charge in [-0.05, 0) is 44.9 Å². The van der Waals surface area contributed by atoms with Crippen molar-refractivity contribution in [3.63, 3.8) is 0 Å². The minimum absolute atomic E-state index is 0.0921. The van der Waals surface area contributed by atoms with Crippen molar-refractivity contribution in [2.75, 3.05) is 13.1 Å². The van der Waals surface area contributed by atoms with Crippen molar-refractivity contribution >= 4 is 5.91 Å². The van der Waals surface area contributed by atoms with E-state index in [1.807, 2.05) is 11.8 Å². The van der Waals surface area contributed by atoms with Gasteiger partial charge in [-0.15, -0.1) is 0 Å². The first-order chi connectivity index (χ1) is 10.8. The number of rotatable bonds is 3. The Balaban J connectivity index is 1.60. The van der Waals surface area contributed by atoms with Gasteiger partial charge in [-0.3, -0.25) is 4.79 Å². The third-order valence-corrected chi connectivity index (χ3v) is 5.39. The number of aryl methyl sites for hydroxylation is 1. The fraction of sp³-hybridized carbons (Fsp3) is 0.722. The largest absolute Gasteiger partial charge is 0.342 e. The van der Waals surface area contributed by atoms with Crippen LogP contribution in [0.2, 0.25) is 0 Å². The Kier molecular flexibility index (Phi) is 4.07. The molecule has 5 nitrogen and oxygen atoms in total. The molecule has 0 bridgehead atoms. The molecule has 0 aromatic carbocycles. The van der Waals surface area contributed by atoms with Crippen LogP contribution in [0.3, 0.4) is 0 Å². The highest BCUT2D eigenvalue weighted by atomic mass is 16.5. The van der Waals surface area contributed by atoms with Gasteiger partial charge < -0.3 is 9.42 Å². The molecule has 3 rings (SSSR count). The van der Waals surface area contributed by atoms with Gasteiger partial charge in [0.05, 0.1) is 5.92 Å². The molecule has 5 heteroatoms. The number of nitrogens with zero attached hydrogens (tertiary/aromatic N) is 3. The summed E-state index contributed by atoms with van der Waals surface area (Å²) < 4.78 is 5.28. The zero-order valence-corrected chi connectivity index (χ0v) is 14.8. The molecule has 1 aliphatic carbocycles. The van der Waals surface area contributed by atoms with Crippen molar-refractivity contribution in [3.05, 3.63) is 23.4 Å². The van der Waals surface area contributed by atoms with E-state index in [1.54, 1.807) is 0 Å². The van der Waals surface area contributed by atoms with E-state index < -0.39 is 0 Å². The van der Waals surface area contributed by atoms with Gasteiger partial charge in [-0.25, -0.2) is 0 Å². The molecule has 2 unspecified atom stereocenters.